The van der Waals surface area contributed by atoms with Gasteiger partial charge >= 0.3 is 0 Å². The van der Waals surface area contributed by atoms with E-state index in [1.165, 1.54) is 4.31 Å². The van der Waals surface area contributed by atoms with Crippen LogP contribution >= 0.6 is 0 Å². The van der Waals surface area contributed by atoms with Crippen molar-refractivity contribution in [2.24, 2.45) is 5.92 Å². The predicted octanol–water partition coefficient (Wildman–Crippen LogP) is 4.08. The first-order valence-electron chi connectivity index (χ1n) is 10.9. The highest BCUT2D eigenvalue weighted by Crippen LogP contribution is 2.30. The average molecular weight is 457 g/mol. The molecular weight excluding hydrogens is 424 g/mol. The number of aromatic nitrogens is 1. The minimum absolute atomic E-state index is 0.141. The summed E-state index contributed by atoms with van der Waals surface area (Å²) in [5.41, 5.74) is 2.73. The molecule has 0 atom stereocenters. The number of hydrogen-bond donors (Lipinski definition) is 1. The molecule has 1 aromatic heterocycles. The molecule has 0 aliphatic carbocycles. The number of carbonyl (C=O) groups excluding carboxylic acids is 1. The number of carbonyl (C=O) groups is 1. The highest BCUT2D eigenvalue weighted by Gasteiger charge is 2.34. The Morgan fingerprint density at radius 2 is 1.66 bits per heavy atom. The third-order valence-corrected chi connectivity index (χ3v) is 8.16. The molecule has 172 valence electrons. The molecule has 3 rings (SSSR count). The second-order valence-corrected chi connectivity index (χ2v) is 11.5. The Morgan fingerprint density at radius 3 is 2.16 bits per heavy atom. The van der Waals surface area contributed by atoms with Crippen molar-refractivity contribution < 1.29 is 13.2 Å². The van der Waals surface area contributed by atoms with Crippen molar-refractivity contribution in [2.75, 3.05) is 18.4 Å². The zero-order chi connectivity index (χ0) is 23.8. The lowest BCUT2D eigenvalue weighted by atomic mass is 9.97. The van der Waals surface area contributed by atoms with Crippen LogP contribution in [0.2, 0.25) is 0 Å². The first-order valence-corrected chi connectivity index (χ1v) is 12.3. The summed E-state index contributed by atoms with van der Waals surface area (Å²) in [6, 6.07) is 7.57. The number of benzene rings is 1. The van der Waals surface area contributed by atoms with E-state index in [2.05, 4.69) is 11.4 Å². The maximum atomic E-state index is 13.3. The van der Waals surface area contributed by atoms with E-state index in [-0.39, 0.29) is 17.4 Å². The van der Waals surface area contributed by atoms with Crippen molar-refractivity contribution >= 4 is 21.7 Å². The monoisotopic (exact) mass is 456 g/mol. The van der Waals surface area contributed by atoms with Gasteiger partial charge in [0.05, 0.1) is 10.5 Å². The van der Waals surface area contributed by atoms with Gasteiger partial charge in [0.25, 0.3) is 0 Å². The summed E-state index contributed by atoms with van der Waals surface area (Å²) >= 11 is 0. The van der Waals surface area contributed by atoms with E-state index in [1.807, 2.05) is 58.2 Å². The standard InChI is InChI=1S/C24H32N4O3S/c1-16-11-17(2)22(18(3)12-16)32(30,31)27-9-7-20(8-10-27)23(29)26-21-13-19(14-25)15-28(21)24(4,5)6/h11-13,15,20H,7-10H2,1-6H3,(H,26,29). The van der Waals surface area contributed by atoms with Gasteiger partial charge in [0.15, 0.2) is 0 Å². The largest absolute Gasteiger partial charge is 0.328 e. The first-order chi connectivity index (χ1) is 14.8. The summed E-state index contributed by atoms with van der Waals surface area (Å²) in [4.78, 5) is 13.3. The molecule has 2 heterocycles. The van der Waals surface area contributed by atoms with Crippen LogP contribution in [0.5, 0.6) is 0 Å². The number of piperidine rings is 1. The summed E-state index contributed by atoms with van der Waals surface area (Å²) in [7, 11) is -3.61. The normalized spacial score (nSPS) is 16.0. The Morgan fingerprint density at radius 1 is 1.09 bits per heavy atom. The van der Waals surface area contributed by atoms with Crippen LogP contribution < -0.4 is 5.32 Å². The lowest BCUT2D eigenvalue weighted by Gasteiger charge is -2.32. The van der Waals surface area contributed by atoms with Crippen LogP contribution in [0, 0.1) is 38.0 Å². The van der Waals surface area contributed by atoms with Crippen LogP contribution in [0.1, 0.15) is 55.9 Å². The summed E-state index contributed by atoms with van der Waals surface area (Å²) < 4.78 is 30.0. The van der Waals surface area contributed by atoms with Crippen molar-refractivity contribution in [3.8, 4) is 6.07 Å². The number of hydrogen-bond acceptors (Lipinski definition) is 4. The topological polar surface area (TPSA) is 95.2 Å². The second-order valence-electron chi connectivity index (χ2n) is 9.66. The Hall–Kier alpha value is -2.63. The van der Waals surface area contributed by atoms with Crippen LogP contribution in [0.15, 0.2) is 29.3 Å². The van der Waals surface area contributed by atoms with Crippen LogP contribution in [-0.2, 0) is 20.4 Å². The highest BCUT2D eigenvalue weighted by atomic mass is 32.2. The zero-order valence-corrected chi connectivity index (χ0v) is 20.5. The molecule has 0 unspecified atom stereocenters. The Kier molecular flexibility index (Phi) is 6.55. The van der Waals surface area contributed by atoms with Gasteiger partial charge in [-0.25, -0.2) is 8.42 Å². The van der Waals surface area contributed by atoms with Gasteiger partial charge in [-0.3, -0.25) is 4.79 Å². The summed E-state index contributed by atoms with van der Waals surface area (Å²) in [5.74, 6) is 0.161. The molecule has 0 bridgehead atoms. The lowest BCUT2D eigenvalue weighted by Crippen LogP contribution is -2.42. The van der Waals surface area contributed by atoms with Crippen molar-refractivity contribution in [3.05, 3.63) is 46.6 Å². The lowest BCUT2D eigenvalue weighted by molar-refractivity contribution is -0.121. The molecule has 1 aromatic carbocycles. The van der Waals surface area contributed by atoms with Crippen LogP contribution in [0.3, 0.4) is 0 Å². The number of nitriles is 1. The number of nitrogens with zero attached hydrogens (tertiary/aromatic N) is 3. The number of sulfonamides is 1. The van der Waals surface area contributed by atoms with Crippen molar-refractivity contribution in [2.45, 2.75) is 64.8 Å². The molecule has 0 radical (unpaired) electrons. The number of amides is 1. The third-order valence-electron chi connectivity index (χ3n) is 5.95. The molecule has 1 fully saturated rings. The van der Waals surface area contributed by atoms with E-state index >= 15 is 0 Å². The van der Waals surface area contributed by atoms with Crippen molar-refractivity contribution in [1.82, 2.24) is 8.87 Å². The zero-order valence-electron chi connectivity index (χ0n) is 19.7. The van der Waals surface area contributed by atoms with Gasteiger partial charge < -0.3 is 9.88 Å². The van der Waals surface area contributed by atoms with E-state index in [0.717, 1.165) is 16.7 Å². The van der Waals surface area contributed by atoms with Crippen LogP contribution in [-0.4, -0.2) is 36.3 Å². The minimum Gasteiger partial charge on any atom is -0.328 e. The van der Waals surface area contributed by atoms with E-state index < -0.39 is 10.0 Å². The van der Waals surface area contributed by atoms with Gasteiger partial charge in [0.2, 0.25) is 15.9 Å². The number of rotatable bonds is 4. The molecule has 1 N–H and O–H groups in total. The van der Waals surface area contributed by atoms with Crippen molar-refractivity contribution in [1.29, 1.82) is 5.26 Å². The second kappa shape index (κ2) is 8.72. The van der Waals surface area contributed by atoms with E-state index in [0.29, 0.717) is 42.2 Å². The van der Waals surface area contributed by atoms with Gasteiger partial charge in [-0.1, -0.05) is 17.7 Å². The number of anilines is 1. The predicted molar refractivity (Wildman–Crippen MR) is 125 cm³/mol. The molecule has 1 amide bonds. The van der Waals surface area contributed by atoms with Gasteiger partial charge in [-0.2, -0.15) is 9.57 Å². The fraction of sp³-hybridized carbons (Fsp3) is 0.500. The summed E-state index contributed by atoms with van der Waals surface area (Å²) in [6.45, 7) is 12.2. The molecule has 1 saturated heterocycles. The van der Waals surface area contributed by atoms with Gasteiger partial charge in [0.1, 0.15) is 11.9 Å². The molecule has 1 aliphatic rings. The molecule has 0 saturated carbocycles. The molecule has 7 nitrogen and oxygen atoms in total. The maximum Gasteiger partial charge on any atom is 0.243 e. The smallest absolute Gasteiger partial charge is 0.243 e. The quantitative estimate of drug-likeness (QED) is 0.750. The van der Waals surface area contributed by atoms with Gasteiger partial charge in [0, 0.05) is 30.7 Å². The summed E-state index contributed by atoms with van der Waals surface area (Å²) in [5, 5.41) is 12.2. The minimum atomic E-state index is -3.61. The maximum absolute atomic E-state index is 13.3. The molecule has 32 heavy (non-hydrogen) atoms. The van der Waals surface area contributed by atoms with Gasteiger partial charge in [-0.15, -0.1) is 0 Å². The Bertz CT molecular complexity index is 1150. The molecular formula is C24H32N4O3S. The fourth-order valence-electron chi connectivity index (χ4n) is 4.46. The van der Waals surface area contributed by atoms with E-state index in [4.69, 9.17) is 0 Å². The Labute approximate surface area is 191 Å². The molecule has 0 spiro atoms. The fourth-order valence-corrected chi connectivity index (χ4v) is 6.35. The average Bonchev–Trinajstić information content (AvgIpc) is 3.10. The molecule has 8 heteroatoms. The number of aryl methyl sites for hydroxylation is 3. The SMILES string of the molecule is Cc1cc(C)c(S(=O)(=O)N2CCC(C(=O)Nc3cc(C#N)cn3C(C)(C)C)CC2)c(C)c1. The highest BCUT2D eigenvalue weighted by molar-refractivity contribution is 7.89. The third kappa shape index (κ3) is 4.74. The van der Waals surface area contributed by atoms with Crippen LogP contribution in [0.4, 0.5) is 5.82 Å². The first kappa shape index (κ1) is 24.0. The van der Waals surface area contributed by atoms with E-state index in [1.54, 1.807) is 12.3 Å². The summed E-state index contributed by atoms with van der Waals surface area (Å²) in [6.07, 6.45) is 2.64. The van der Waals surface area contributed by atoms with E-state index in [9.17, 15) is 18.5 Å². The molecule has 2 aromatic rings. The van der Waals surface area contributed by atoms with Crippen molar-refractivity contribution in [3.63, 3.8) is 0 Å². The van der Waals surface area contributed by atoms with Gasteiger partial charge in [-0.05, 0) is 71.6 Å². The molecule has 1 aliphatic heterocycles. The van der Waals surface area contributed by atoms with Crippen LogP contribution in [0.25, 0.3) is 0 Å². The Balaban J connectivity index is 1.72. The number of nitrogens with one attached hydrogen (secondary N) is 1.